The summed E-state index contributed by atoms with van der Waals surface area (Å²) in [5.74, 6) is -1.02. The number of rotatable bonds is 3. The van der Waals surface area contributed by atoms with Crippen LogP contribution in [0.25, 0.3) is 0 Å². The Morgan fingerprint density at radius 3 is 2.79 bits per heavy atom. The Labute approximate surface area is 142 Å². The molecular formula is C16H22N2O5S. The summed E-state index contributed by atoms with van der Waals surface area (Å²) in [6.07, 6.45) is 0. The summed E-state index contributed by atoms with van der Waals surface area (Å²) < 4.78 is 39.2. The molecule has 24 heavy (non-hydrogen) atoms. The van der Waals surface area contributed by atoms with E-state index in [1.54, 1.807) is 0 Å². The molecule has 0 radical (unpaired) electrons. The van der Waals surface area contributed by atoms with Crippen molar-refractivity contribution < 1.29 is 22.7 Å². The van der Waals surface area contributed by atoms with Gasteiger partial charge in [0, 0.05) is 25.7 Å². The van der Waals surface area contributed by atoms with Gasteiger partial charge >= 0.3 is 5.97 Å². The molecule has 2 heterocycles. The molecule has 1 aromatic carbocycles. The Bertz CT molecular complexity index is 721. The monoisotopic (exact) mass is 354 g/mol. The van der Waals surface area contributed by atoms with Gasteiger partial charge in [0.15, 0.2) is 0 Å². The maximum absolute atomic E-state index is 13.1. The number of nitrogens with zero attached hydrogens (tertiary/aromatic N) is 2. The Kier molecular flexibility index (Phi) is 4.91. The van der Waals surface area contributed by atoms with Crippen LogP contribution in [0.5, 0.6) is 0 Å². The van der Waals surface area contributed by atoms with Crippen LogP contribution in [0.15, 0.2) is 24.3 Å². The van der Waals surface area contributed by atoms with Gasteiger partial charge in [0.2, 0.25) is 0 Å². The molecule has 132 valence electrons. The molecule has 0 saturated carbocycles. The fraction of sp³-hybridized carbons (Fsp3) is 0.562. The second kappa shape index (κ2) is 6.79. The van der Waals surface area contributed by atoms with E-state index in [1.807, 2.05) is 31.2 Å². The van der Waals surface area contributed by atoms with E-state index in [2.05, 4.69) is 0 Å². The lowest BCUT2D eigenvalue weighted by molar-refractivity contribution is -0.142. The highest BCUT2D eigenvalue weighted by molar-refractivity contribution is 7.86. The van der Waals surface area contributed by atoms with Crippen molar-refractivity contribution in [3.05, 3.63) is 35.4 Å². The first-order valence-electron chi connectivity index (χ1n) is 7.95. The number of benzene rings is 1. The Balaban J connectivity index is 1.93. The third-order valence-electron chi connectivity index (χ3n) is 4.58. The first kappa shape index (κ1) is 17.3. The van der Waals surface area contributed by atoms with E-state index in [0.29, 0.717) is 19.8 Å². The number of methoxy groups -OCH3 is 1. The van der Waals surface area contributed by atoms with E-state index in [4.69, 9.17) is 9.47 Å². The zero-order valence-electron chi connectivity index (χ0n) is 13.8. The lowest BCUT2D eigenvalue weighted by Crippen LogP contribution is -2.54. The molecule has 1 saturated heterocycles. The molecule has 7 nitrogen and oxygen atoms in total. The molecular weight excluding hydrogens is 332 g/mol. The van der Waals surface area contributed by atoms with Gasteiger partial charge in [-0.15, -0.1) is 0 Å². The molecule has 0 aliphatic carbocycles. The third-order valence-corrected chi connectivity index (χ3v) is 6.64. The first-order chi connectivity index (χ1) is 11.4. The number of esters is 1. The molecule has 2 aliphatic heterocycles. The Morgan fingerprint density at radius 2 is 2.08 bits per heavy atom. The standard InChI is InChI=1S/C16H22N2O5S/c1-12-11-23-8-7-18(12)24(20,21)17-9-13-5-3-4-6-14(13)15(10-17)16(19)22-2/h3-6,12,15H,7-11H2,1-2H3. The van der Waals surface area contributed by atoms with Gasteiger partial charge in [0.1, 0.15) is 0 Å². The van der Waals surface area contributed by atoms with Gasteiger partial charge in [-0.2, -0.15) is 17.0 Å². The van der Waals surface area contributed by atoms with Crippen LogP contribution >= 0.6 is 0 Å². The highest BCUT2D eigenvalue weighted by Gasteiger charge is 2.41. The molecule has 2 unspecified atom stereocenters. The number of carbonyl (C=O) groups is 1. The van der Waals surface area contributed by atoms with Gasteiger partial charge in [-0.1, -0.05) is 24.3 Å². The minimum Gasteiger partial charge on any atom is -0.469 e. The van der Waals surface area contributed by atoms with Gasteiger partial charge in [-0.05, 0) is 18.1 Å². The van der Waals surface area contributed by atoms with E-state index in [9.17, 15) is 13.2 Å². The molecule has 0 bridgehead atoms. The zero-order chi connectivity index (χ0) is 17.3. The fourth-order valence-corrected chi connectivity index (χ4v) is 5.05. The van der Waals surface area contributed by atoms with Crippen LogP contribution < -0.4 is 0 Å². The van der Waals surface area contributed by atoms with Crippen molar-refractivity contribution >= 4 is 16.2 Å². The van der Waals surface area contributed by atoms with Crippen molar-refractivity contribution in [2.45, 2.75) is 25.4 Å². The Morgan fingerprint density at radius 1 is 1.33 bits per heavy atom. The second-order valence-electron chi connectivity index (χ2n) is 6.11. The van der Waals surface area contributed by atoms with Crippen LogP contribution in [0.2, 0.25) is 0 Å². The number of fused-ring (bicyclic) bond motifs is 1. The largest absolute Gasteiger partial charge is 0.469 e. The third kappa shape index (κ3) is 3.06. The van der Waals surface area contributed by atoms with Crippen LogP contribution in [0.3, 0.4) is 0 Å². The summed E-state index contributed by atoms with van der Waals surface area (Å²) in [6.45, 7) is 3.27. The summed E-state index contributed by atoms with van der Waals surface area (Å²) in [5.41, 5.74) is 1.68. The molecule has 2 aliphatic rings. The quantitative estimate of drug-likeness (QED) is 0.748. The van der Waals surface area contributed by atoms with Crippen molar-refractivity contribution in [2.24, 2.45) is 0 Å². The van der Waals surface area contributed by atoms with Crippen molar-refractivity contribution in [1.82, 2.24) is 8.61 Å². The summed E-state index contributed by atoms with van der Waals surface area (Å²) in [6, 6.07) is 7.19. The van der Waals surface area contributed by atoms with Crippen molar-refractivity contribution in [1.29, 1.82) is 0 Å². The van der Waals surface area contributed by atoms with E-state index in [-0.39, 0.29) is 19.1 Å². The number of morpholine rings is 1. The molecule has 0 spiro atoms. The summed E-state index contributed by atoms with van der Waals surface area (Å²) in [5, 5.41) is 0. The average molecular weight is 354 g/mol. The van der Waals surface area contributed by atoms with Crippen molar-refractivity contribution in [2.75, 3.05) is 33.4 Å². The van der Waals surface area contributed by atoms with Gasteiger partial charge < -0.3 is 9.47 Å². The highest BCUT2D eigenvalue weighted by Crippen LogP contribution is 2.32. The lowest BCUT2D eigenvalue weighted by Gasteiger charge is -2.39. The number of ether oxygens (including phenoxy) is 2. The smallest absolute Gasteiger partial charge is 0.314 e. The van der Waals surface area contributed by atoms with Crippen LogP contribution in [-0.2, 0) is 31.0 Å². The fourth-order valence-electron chi connectivity index (χ4n) is 3.30. The highest BCUT2D eigenvalue weighted by atomic mass is 32.2. The Hall–Kier alpha value is -1.48. The van der Waals surface area contributed by atoms with E-state index < -0.39 is 22.1 Å². The van der Waals surface area contributed by atoms with Gasteiger partial charge in [0.25, 0.3) is 10.2 Å². The molecule has 2 atom stereocenters. The zero-order valence-corrected chi connectivity index (χ0v) is 14.7. The predicted octanol–water partition coefficient (Wildman–Crippen LogP) is 0.724. The van der Waals surface area contributed by atoms with Crippen LogP contribution in [0.1, 0.15) is 24.0 Å². The second-order valence-corrected chi connectivity index (χ2v) is 7.99. The normalized spacial score (nSPS) is 25.9. The van der Waals surface area contributed by atoms with E-state index >= 15 is 0 Å². The minimum absolute atomic E-state index is 0.0934. The molecule has 0 amide bonds. The molecule has 1 aromatic rings. The van der Waals surface area contributed by atoms with Crippen molar-refractivity contribution in [3.63, 3.8) is 0 Å². The molecule has 0 N–H and O–H groups in total. The SMILES string of the molecule is COC(=O)C1CN(S(=O)(=O)N2CCOCC2C)Cc2ccccc21. The van der Waals surface area contributed by atoms with Gasteiger partial charge in [-0.25, -0.2) is 0 Å². The van der Waals surface area contributed by atoms with Crippen LogP contribution in [0.4, 0.5) is 0 Å². The van der Waals surface area contributed by atoms with E-state index in [0.717, 1.165) is 11.1 Å². The first-order valence-corrected chi connectivity index (χ1v) is 9.35. The number of hydrogen-bond donors (Lipinski definition) is 0. The predicted molar refractivity (Wildman–Crippen MR) is 87.5 cm³/mol. The molecule has 3 rings (SSSR count). The van der Waals surface area contributed by atoms with Crippen molar-refractivity contribution in [3.8, 4) is 0 Å². The maximum atomic E-state index is 13.1. The van der Waals surface area contributed by atoms with E-state index in [1.165, 1.54) is 15.7 Å². The van der Waals surface area contributed by atoms with Gasteiger partial charge in [0.05, 0.1) is 26.2 Å². The maximum Gasteiger partial charge on any atom is 0.314 e. The molecule has 1 fully saturated rings. The number of hydrogen-bond acceptors (Lipinski definition) is 5. The summed E-state index contributed by atoms with van der Waals surface area (Å²) in [7, 11) is -2.35. The minimum atomic E-state index is -3.67. The molecule has 8 heteroatoms. The van der Waals surface area contributed by atoms with Crippen LogP contribution in [-0.4, -0.2) is 62.5 Å². The summed E-state index contributed by atoms with van der Waals surface area (Å²) >= 11 is 0. The lowest BCUT2D eigenvalue weighted by atomic mass is 9.91. The number of carbonyl (C=O) groups excluding carboxylic acids is 1. The topological polar surface area (TPSA) is 76.2 Å². The van der Waals surface area contributed by atoms with Gasteiger partial charge in [-0.3, -0.25) is 4.79 Å². The summed E-state index contributed by atoms with van der Waals surface area (Å²) in [4.78, 5) is 12.2. The van der Waals surface area contributed by atoms with Crippen LogP contribution in [0, 0.1) is 0 Å². The average Bonchev–Trinajstić information content (AvgIpc) is 2.60. The molecule has 0 aromatic heterocycles.